The van der Waals surface area contributed by atoms with Gasteiger partial charge < -0.3 is 9.67 Å². The summed E-state index contributed by atoms with van der Waals surface area (Å²) in [6, 6.07) is 4.60. The van der Waals surface area contributed by atoms with Crippen LogP contribution in [0, 0.1) is 5.82 Å². The first kappa shape index (κ1) is 12.1. The zero-order valence-corrected chi connectivity index (χ0v) is 9.86. The van der Waals surface area contributed by atoms with Crippen LogP contribution in [-0.2, 0) is 13.0 Å². The second-order valence-corrected chi connectivity index (χ2v) is 4.04. The number of aliphatic hydroxyl groups is 1. The zero-order valence-electron chi connectivity index (χ0n) is 9.11. The Balaban J connectivity index is 2.28. The molecular weight excluding hydrogens is 243 g/mol. The van der Waals surface area contributed by atoms with Crippen molar-refractivity contribution >= 4 is 11.6 Å². The van der Waals surface area contributed by atoms with Gasteiger partial charge in [0.1, 0.15) is 11.6 Å². The average Bonchev–Trinajstić information content (AvgIpc) is 2.72. The number of benzene rings is 1. The minimum Gasteiger partial charge on any atom is -0.395 e. The smallest absolute Gasteiger partial charge is 0.128 e. The van der Waals surface area contributed by atoms with Gasteiger partial charge >= 0.3 is 0 Å². The number of nitrogens with zero attached hydrogens (tertiary/aromatic N) is 2. The maximum atomic E-state index is 13.6. The van der Waals surface area contributed by atoms with Crippen LogP contribution in [0.2, 0.25) is 5.02 Å². The maximum Gasteiger partial charge on any atom is 0.128 e. The lowest BCUT2D eigenvalue weighted by Crippen LogP contribution is -2.07. The Morgan fingerprint density at radius 2 is 2.24 bits per heavy atom. The van der Waals surface area contributed by atoms with E-state index < -0.39 is 0 Å². The second-order valence-electron chi connectivity index (χ2n) is 3.64. The number of rotatable bonds is 4. The molecule has 3 nitrogen and oxygen atoms in total. The Labute approximate surface area is 103 Å². The zero-order chi connectivity index (χ0) is 12.3. The van der Waals surface area contributed by atoms with Crippen molar-refractivity contribution in [2.75, 3.05) is 6.61 Å². The van der Waals surface area contributed by atoms with Crippen molar-refractivity contribution in [3.05, 3.63) is 52.8 Å². The lowest BCUT2D eigenvalue weighted by Gasteiger charge is -2.08. The molecule has 0 fully saturated rings. The minimum absolute atomic E-state index is 0.0222. The van der Waals surface area contributed by atoms with Crippen molar-refractivity contribution in [1.29, 1.82) is 0 Å². The molecule has 0 amide bonds. The summed E-state index contributed by atoms with van der Waals surface area (Å²) < 4.78 is 15.4. The average molecular weight is 255 g/mol. The van der Waals surface area contributed by atoms with E-state index in [1.54, 1.807) is 29.1 Å². The van der Waals surface area contributed by atoms with Crippen molar-refractivity contribution in [3.8, 4) is 0 Å². The van der Waals surface area contributed by atoms with Crippen molar-refractivity contribution < 1.29 is 9.50 Å². The maximum absolute atomic E-state index is 13.6. The van der Waals surface area contributed by atoms with Crippen LogP contribution in [0.1, 0.15) is 11.4 Å². The van der Waals surface area contributed by atoms with Gasteiger partial charge in [0.2, 0.25) is 0 Å². The Morgan fingerprint density at radius 1 is 1.41 bits per heavy atom. The van der Waals surface area contributed by atoms with Crippen LogP contribution in [0.5, 0.6) is 0 Å². The summed E-state index contributed by atoms with van der Waals surface area (Å²) >= 11 is 5.95. The first-order valence-corrected chi connectivity index (χ1v) is 5.64. The van der Waals surface area contributed by atoms with Crippen molar-refractivity contribution in [3.63, 3.8) is 0 Å². The van der Waals surface area contributed by atoms with Gasteiger partial charge in [-0.1, -0.05) is 17.7 Å². The van der Waals surface area contributed by atoms with E-state index in [0.29, 0.717) is 29.4 Å². The molecule has 0 aliphatic heterocycles. The fraction of sp³-hybridized carbons (Fsp3) is 0.250. The minimum atomic E-state index is -0.337. The predicted octanol–water partition coefficient (Wildman–Crippen LogP) is 2.26. The molecule has 0 aliphatic rings. The molecule has 0 spiro atoms. The lowest BCUT2D eigenvalue weighted by molar-refractivity contribution is 0.274. The molecule has 0 unspecified atom stereocenters. The van der Waals surface area contributed by atoms with E-state index >= 15 is 0 Å². The van der Waals surface area contributed by atoms with Crippen LogP contribution in [0.4, 0.5) is 4.39 Å². The van der Waals surface area contributed by atoms with Crippen LogP contribution in [0.15, 0.2) is 30.6 Å². The van der Waals surface area contributed by atoms with Crippen LogP contribution < -0.4 is 0 Å². The number of imidazole rings is 1. The van der Waals surface area contributed by atoms with Crippen LogP contribution in [0.3, 0.4) is 0 Å². The highest BCUT2D eigenvalue weighted by atomic mass is 35.5. The van der Waals surface area contributed by atoms with Crippen LogP contribution >= 0.6 is 11.6 Å². The fourth-order valence-electron chi connectivity index (χ4n) is 1.68. The fourth-order valence-corrected chi connectivity index (χ4v) is 1.91. The van der Waals surface area contributed by atoms with Gasteiger partial charge in [0.05, 0.1) is 6.61 Å². The van der Waals surface area contributed by atoms with Crippen molar-refractivity contribution in [2.24, 2.45) is 0 Å². The molecule has 1 heterocycles. The Bertz CT molecular complexity index is 493. The summed E-state index contributed by atoms with van der Waals surface area (Å²) in [5.74, 6) is 0.349. The molecule has 0 radical (unpaired) electrons. The van der Waals surface area contributed by atoms with Crippen LogP contribution in [-0.4, -0.2) is 21.3 Å². The van der Waals surface area contributed by atoms with E-state index in [-0.39, 0.29) is 12.4 Å². The van der Waals surface area contributed by atoms with Crippen molar-refractivity contribution in [1.82, 2.24) is 9.55 Å². The number of hydrogen-bond donors (Lipinski definition) is 1. The van der Waals surface area contributed by atoms with Gasteiger partial charge in [-0.25, -0.2) is 9.37 Å². The van der Waals surface area contributed by atoms with Gasteiger partial charge in [-0.2, -0.15) is 0 Å². The lowest BCUT2D eigenvalue weighted by atomic mass is 10.1. The molecule has 5 heteroatoms. The van der Waals surface area contributed by atoms with E-state index in [4.69, 9.17) is 16.7 Å². The summed E-state index contributed by atoms with van der Waals surface area (Å²) in [7, 11) is 0. The molecule has 2 aromatic rings. The quantitative estimate of drug-likeness (QED) is 0.909. The molecule has 1 N–H and O–H groups in total. The van der Waals surface area contributed by atoms with Crippen LogP contribution in [0.25, 0.3) is 0 Å². The number of hydrogen-bond acceptors (Lipinski definition) is 2. The molecule has 1 aromatic heterocycles. The SMILES string of the molecule is OCCn1ccnc1Cc1c(F)cccc1Cl. The Kier molecular flexibility index (Phi) is 3.76. The molecule has 0 bridgehead atoms. The predicted molar refractivity (Wildman–Crippen MR) is 63.5 cm³/mol. The molecule has 17 heavy (non-hydrogen) atoms. The van der Waals surface area contributed by atoms with Gasteiger partial charge in [-0.05, 0) is 12.1 Å². The molecular formula is C12H12ClFN2O. The highest BCUT2D eigenvalue weighted by Crippen LogP contribution is 2.21. The van der Waals surface area contributed by atoms with E-state index in [2.05, 4.69) is 4.98 Å². The van der Waals surface area contributed by atoms with E-state index in [0.717, 1.165) is 0 Å². The molecule has 1 aromatic carbocycles. The topological polar surface area (TPSA) is 38.0 Å². The third-order valence-corrected chi connectivity index (χ3v) is 2.89. The Morgan fingerprint density at radius 3 is 2.94 bits per heavy atom. The normalized spacial score (nSPS) is 10.8. The number of aliphatic hydroxyl groups excluding tert-OH is 1. The third kappa shape index (κ3) is 2.65. The van der Waals surface area contributed by atoms with Crippen molar-refractivity contribution in [2.45, 2.75) is 13.0 Å². The van der Waals surface area contributed by atoms with Gasteiger partial charge in [0.25, 0.3) is 0 Å². The second kappa shape index (κ2) is 5.29. The highest BCUT2D eigenvalue weighted by molar-refractivity contribution is 6.31. The largest absolute Gasteiger partial charge is 0.395 e. The first-order valence-electron chi connectivity index (χ1n) is 5.26. The number of aromatic nitrogens is 2. The molecule has 0 saturated heterocycles. The van der Waals surface area contributed by atoms with Gasteiger partial charge in [0.15, 0.2) is 0 Å². The summed E-state index contributed by atoms with van der Waals surface area (Å²) in [5.41, 5.74) is 0.430. The van der Waals surface area contributed by atoms with E-state index in [1.807, 2.05) is 0 Å². The molecule has 90 valence electrons. The summed E-state index contributed by atoms with van der Waals surface area (Å²) in [4.78, 5) is 4.14. The monoisotopic (exact) mass is 254 g/mol. The van der Waals surface area contributed by atoms with Gasteiger partial charge in [-0.15, -0.1) is 0 Å². The Hall–Kier alpha value is -1.39. The summed E-state index contributed by atoms with van der Waals surface area (Å²) in [5, 5.41) is 9.28. The molecule has 2 rings (SSSR count). The standard InChI is InChI=1S/C12H12ClFN2O/c13-10-2-1-3-11(14)9(10)8-12-15-4-5-16(12)6-7-17/h1-5,17H,6-8H2. The van der Waals surface area contributed by atoms with Gasteiger partial charge in [0, 0.05) is 35.9 Å². The number of halogens is 2. The summed E-state index contributed by atoms with van der Waals surface area (Å²) in [6.07, 6.45) is 3.69. The molecule has 0 atom stereocenters. The third-order valence-electron chi connectivity index (χ3n) is 2.54. The van der Waals surface area contributed by atoms with E-state index in [1.165, 1.54) is 6.07 Å². The molecule has 0 aliphatic carbocycles. The highest BCUT2D eigenvalue weighted by Gasteiger charge is 2.11. The summed E-state index contributed by atoms with van der Waals surface area (Å²) in [6.45, 7) is 0.468. The van der Waals surface area contributed by atoms with Gasteiger partial charge in [-0.3, -0.25) is 0 Å². The molecule has 0 saturated carbocycles. The van der Waals surface area contributed by atoms with E-state index in [9.17, 15) is 4.39 Å². The first-order chi connectivity index (χ1) is 8.22.